The number of hydrogen-bond acceptors (Lipinski definition) is 13. The van der Waals surface area contributed by atoms with Crippen molar-refractivity contribution < 1.29 is 47.7 Å². The molecule has 8 rings (SSSR count). The molecule has 0 spiro atoms. The number of imide groups is 1. The summed E-state index contributed by atoms with van der Waals surface area (Å²) >= 11 is 6.45. The molecule has 390 valence electrons. The van der Waals surface area contributed by atoms with Crippen molar-refractivity contribution in [3.8, 4) is 16.9 Å². The van der Waals surface area contributed by atoms with Crippen molar-refractivity contribution in [2.75, 3.05) is 77.7 Å². The van der Waals surface area contributed by atoms with Crippen LogP contribution in [0.2, 0.25) is 5.02 Å². The fourth-order valence-corrected chi connectivity index (χ4v) is 10.5. The number of carbonyl (C=O) groups excluding carboxylic acids is 5. The largest absolute Gasteiger partial charge is 0.494 e. The molecule has 0 saturated carbocycles. The zero-order valence-electron chi connectivity index (χ0n) is 43.3. The van der Waals surface area contributed by atoms with E-state index >= 15 is 0 Å². The Balaban J connectivity index is 0.905. The lowest BCUT2D eigenvalue weighted by Gasteiger charge is -2.27. The fourth-order valence-electron chi connectivity index (χ4n) is 10.4. The molecule has 5 aromatic rings. The Labute approximate surface area is 432 Å². The van der Waals surface area contributed by atoms with Gasteiger partial charge in [-0.2, -0.15) is 5.10 Å². The molecule has 16 nitrogen and oxygen atoms in total. The number of aryl methyl sites for hydroxylation is 5. The minimum Gasteiger partial charge on any atom is -0.494 e. The Morgan fingerprint density at radius 1 is 0.849 bits per heavy atom. The average Bonchev–Trinajstić information content (AvgIpc) is 3.92. The molecule has 2 atom stereocenters. The fraction of sp³-hybridized carbons (Fsp3) is 0.500. The number of nitrogens with one attached hydrogen (secondary N) is 2. The van der Waals surface area contributed by atoms with E-state index in [0.29, 0.717) is 90.1 Å². The molecular weight excluding hydrogens is 952 g/mol. The predicted octanol–water partition coefficient (Wildman–Crippen LogP) is 8.27. The van der Waals surface area contributed by atoms with Crippen LogP contribution in [0, 0.1) is 39.5 Å². The zero-order chi connectivity index (χ0) is 52.0. The van der Waals surface area contributed by atoms with Gasteiger partial charge in [-0.3, -0.25) is 34.1 Å². The summed E-state index contributed by atoms with van der Waals surface area (Å²) < 4.78 is 34.1. The van der Waals surface area contributed by atoms with Crippen LogP contribution in [-0.4, -0.2) is 127 Å². The topological polar surface area (TPSA) is 182 Å². The number of nitrogens with zero attached hydrogens (tertiary/aromatic N) is 4. The maximum absolute atomic E-state index is 14.5. The van der Waals surface area contributed by atoms with E-state index in [1.807, 2.05) is 58.4 Å². The van der Waals surface area contributed by atoms with E-state index in [0.717, 1.165) is 86.9 Å². The summed E-state index contributed by atoms with van der Waals surface area (Å²) in [4.78, 5) is 67.9. The molecule has 3 aromatic carbocycles. The van der Waals surface area contributed by atoms with Crippen molar-refractivity contribution in [1.82, 2.24) is 24.6 Å². The van der Waals surface area contributed by atoms with E-state index in [-0.39, 0.29) is 35.7 Å². The molecule has 0 radical (unpaired) electrons. The van der Waals surface area contributed by atoms with Crippen molar-refractivity contribution in [1.29, 1.82) is 0 Å². The Morgan fingerprint density at radius 3 is 2.29 bits per heavy atom. The number of halogens is 1. The number of rotatable bonds is 22. The number of fused-ring (bicyclic) bond motifs is 2. The van der Waals surface area contributed by atoms with Crippen LogP contribution < -0.4 is 15.4 Å². The minimum atomic E-state index is -1.13. The van der Waals surface area contributed by atoms with E-state index < -0.39 is 35.0 Å². The van der Waals surface area contributed by atoms with Gasteiger partial charge in [0, 0.05) is 90.8 Å². The van der Waals surface area contributed by atoms with Crippen LogP contribution in [0.3, 0.4) is 0 Å². The average molecular weight is 1020 g/mol. The van der Waals surface area contributed by atoms with E-state index in [9.17, 15) is 24.0 Å². The highest BCUT2D eigenvalue weighted by atomic mass is 35.5. The molecule has 2 N–H and O–H groups in total. The molecule has 0 bridgehead atoms. The Kier molecular flexibility index (Phi) is 17.2. The molecule has 2 amide bonds. The maximum Gasteiger partial charge on any atom is 0.355 e. The van der Waals surface area contributed by atoms with E-state index in [4.69, 9.17) is 40.4 Å². The standard InChI is InChI=1S/C56H69ClN6O10/c1-34-32-38(33-35(2)49(34)57)72-26-10-15-40-39-12-8-13-41(50(39)62(22-21-61-23-28-71-29-24-61)51(40)55(68)73-56(5,6)7)46-36(3)60-63(37(46)4)20-11-25-69-30-31-70-27-19-58-44-16-9-14-42-47(44)53(66)48(52(42)65)43-17-18-45(64)59-54(43)67/h8-9,12-14,16,32-33,43,48,58H,10-11,15,17-31H2,1-7H3,(H,59,64,67). The molecule has 4 heterocycles. The molecule has 2 unspecified atom stereocenters. The van der Waals surface area contributed by atoms with Crippen LogP contribution in [0.4, 0.5) is 5.69 Å². The number of hydrogen-bond donors (Lipinski definition) is 2. The number of morpholine rings is 1. The number of para-hydroxylation sites is 1. The van der Waals surface area contributed by atoms with Crippen molar-refractivity contribution in [3.05, 3.63) is 98.5 Å². The maximum atomic E-state index is 14.5. The first-order valence-corrected chi connectivity index (χ1v) is 26.0. The van der Waals surface area contributed by atoms with Crippen LogP contribution in [0.25, 0.3) is 22.0 Å². The highest BCUT2D eigenvalue weighted by Crippen LogP contribution is 2.40. The molecule has 1 aliphatic carbocycles. The predicted molar refractivity (Wildman–Crippen MR) is 279 cm³/mol. The van der Waals surface area contributed by atoms with Gasteiger partial charge in [0.1, 0.15) is 17.0 Å². The number of piperidine rings is 1. The first-order valence-electron chi connectivity index (χ1n) is 25.6. The van der Waals surface area contributed by atoms with Crippen LogP contribution in [-0.2, 0) is 48.0 Å². The third-order valence-corrected chi connectivity index (χ3v) is 14.4. The normalized spacial score (nSPS) is 17.4. The molecule has 17 heteroatoms. The molecule has 73 heavy (non-hydrogen) atoms. The van der Waals surface area contributed by atoms with Gasteiger partial charge in [0.2, 0.25) is 11.8 Å². The minimum absolute atomic E-state index is 0.0963. The number of anilines is 1. The summed E-state index contributed by atoms with van der Waals surface area (Å²) in [6.45, 7) is 21.2. The monoisotopic (exact) mass is 1020 g/mol. The van der Waals surface area contributed by atoms with Crippen LogP contribution in [0.1, 0.15) is 106 Å². The van der Waals surface area contributed by atoms with Crippen LogP contribution in [0.5, 0.6) is 5.75 Å². The van der Waals surface area contributed by atoms with Crippen molar-refractivity contribution in [2.24, 2.45) is 11.8 Å². The summed E-state index contributed by atoms with van der Waals surface area (Å²) in [6.07, 6.45) is 2.25. The van der Waals surface area contributed by atoms with Gasteiger partial charge in [-0.05, 0) is 109 Å². The van der Waals surface area contributed by atoms with Crippen molar-refractivity contribution in [3.63, 3.8) is 0 Å². The highest BCUT2D eigenvalue weighted by Gasteiger charge is 2.48. The van der Waals surface area contributed by atoms with Crippen molar-refractivity contribution >= 4 is 57.5 Å². The summed E-state index contributed by atoms with van der Waals surface area (Å²) in [5, 5.41) is 12.3. The molecule has 2 aromatic heterocycles. The van der Waals surface area contributed by atoms with Gasteiger partial charge in [0.25, 0.3) is 0 Å². The Morgan fingerprint density at radius 2 is 1.56 bits per heavy atom. The SMILES string of the molecule is Cc1cc(OCCCc2c(C(=O)OC(C)(C)C)n(CCN3CCOCC3)c3c(-c4c(C)nn(CCCOCCOCCNc5cccc6c5C(=O)C(C5CCC(=O)NC5=O)C6=O)c4C)cccc23)cc(C)c1Cl. The highest BCUT2D eigenvalue weighted by molar-refractivity contribution is 6.32. The van der Waals surface area contributed by atoms with Gasteiger partial charge in [0.15, 0.2) is 11.6 Å². The summed E-state index contributed by atoms with van der Waals surface area (Å²) in [6, 6.07) is 15.3. The first kappa shape index (κ1) is 53.4. The lowest BCUT2D eigenvalue weighted by atomic mass is 9.82. The lowest BCUT2D eigenvalue weighted by Crippen LogP contribution is -2.46. The molecule has 2 fully saturated rings. The molecule has 2 aliphatic heterocycles. The second-order valence-electron chi connectivity index (χ2n) is 20.2. The number of amides is 2. The Bertz CT molecular complexity index is 2850. The summed E-state index contributed by atoms with van der Waals surface area (Å²) in [5.41, 5.74) is 8.75. The number of esters is 1. The number of aromatic nitrogens is 3. The molecule has 3 aliphatic rings. The molecule has 2 saturated heterocycles. The second kappa shape index (κ2) is 23.5. The number of carbonyl (C=O) groups is 5. The number of ketones is 2. The van der Waals surface area contributed by atoms with Gasteiger partial charge >= 0.3 is 5.97 Å². The van der Waals surface area contributed by atoms with E-state index in [1.54, 1.807) is 18.2 Å². The number of benzene rings is 3. The van der Waals surface area contributed by atoms with E-state index in [1.165, 1.54) is 0 Å². The van der Waals surface area contributed by atoms with Gasteiger partial charge in [-0.25, -0.2) is 4.79 Å². The summed E-state index contributed by atoms with van der Waals surface area (Å²) in [5.74, 6) is -3.32. The van der Waals surface area contributed by atoms with Crippen LogP contribution >= 0.6 is 11.6 Å². The summed E-state index contributed by atoms with van der Waals surface area (Å²) in [7, 11) is 0. The molecular formula is C56H69ClN6O10. The van der Waals surface area contributed by atoms with Gasteiger partial charge in [-0.15, -0.1) is 0 Å². The first-order chi connectivity index (χ1) is 35.0. The third-order valence-electron chi connectivity index (χ3n) is 13.8. The smallest absolute Gasteiger partial charge is 0.355 e. The quantitative estimate of drug-likeness (QED) is 0.0293. The van der Waals surface area contributed by atoms with Gasteiger partial charge in [-0.1, -0.05) is 41.9 Å². The van der Waals surface area contributed by atoms with E-state index in [2.05, 4.69) is 45.2 Å². The number of ether oxygens (including phenoxy) is 5. The third kappa shape index (κ3) is 12.2. The lowest BCUT2D eigenvalue weighted by molar-refractivity contribution is -0.137. The van der Waals surface area contributed by atoms with Gasteiger partial charge in [0.05, 0.1) is 68.3 Å². The van der Waals surface area contributed by atoms with Gasteiger partial charge < -0.3 is 33.6 Å². The van der Waals surface area contributed by atoms with Crippen molar-refractivity contribution in [2.45, 2.75) is 99.3 Å². The Hall–Kier alpha value is -5.91. The zero-order valence-corrected chi connectivity index (χ0v) is 44.0. The second-order valence-corrected chi connectivity index (χ2v) is 20.6. The van der Waals surface area contributed by atoms with Crippen LogP contribution in [0.15, 0.2) is 48.5 Å². The number of Topliss-reactive ketones (excluding diaryl/α,β-unsaturated/α-hetero) is 2.